The van der Waals surface area contributed by atoms with E-state index >= 15 is 0 Å². The Labute approximate surface area is 175 Å². The van der Waals surface area contributed by atoms with Crippen molar-refractivity contribution in [2.75, 3.05) is 39.6 Å². The van der Waals surface area contributed by atoms with E-state index in [-0.39, 0.29) is 18.0 Å². The fourth-order valence-corrected chi connectivity index (χ4v) is 3.25. The second-order valence-electron chi connectivity index (χ2n) is 7.07. The third kappa shape index (κ3) is 7.03. The van der Waals surface area contributed by atoms with Crippen LogP contribution in [0.5, 0.6) is 5.75 Å². The lowest BCUT2D eigenvalue weighted by Gasteiger charge is -2.26. The number of carbonyl (C=O) groups is 2. The van der Waals surface area contributed by atoms with Crippen molar-refractivity contribution >= 4 is 29.0 Å². The van der Waals surface area contributed by atoms with Crippen LogP contribution >= 0.6 is 11.3 Å². The Kier molecular flexibility index (Phi) is 8.41. The number of anilines is 1. The lowest BCUT2D eigenvalue weighted by Crippen LogP contribution is -2.39. The zero-order chi connectivity index (χ0) is 21.4. The van der Waals surface area contributed by atoms with Gasteiger partial charge in [-0.1, -0.05) is 0 Å². The van der Waals surface area contributed by atoms with Gasteiger partial charge in [0.15, 0.2) is 0 Å². The summed E-state index contributed by atoms with van der Waals surface area (Å²) in [5.74, 6) is 0.524. The Morgan fingerprint density at radius 2 is 1.90 bits per heavy atom. The molecule has 0 bridgehead atoms. The Morgan fingerprint density at radius 3 is 2.48 bits per heavy atom. The summed E-state index contributed by atoms with van der Waals surface area (Å²) in [5, 5.41) is 8.16. The van der Waals surface area contributed by atoms with E-state index in [1.165, 1.54) is 11.3 Å². The quantitative estimate of drug-likeness (QED) is 0.653. The van der Waals surface area contributed by atoms with Crippen molar-refractivity contribution < 1.29 is 14.3 Å². The molecule has 8 nitrogen and oxygen atoms in total. The molecule has 0 radical (unpaired) electrons. The molecule has 3 amide bonds. The number of nitrogens with one attached hydrogen (secondary N) is 2. The van der Waals surface area contributed by atoms with E-state index in [2.05, 4.69) is 15.6 Å². The number of thiazole rings is 1. The van der Waals surface area contributed by atoms with Gasteiger partial charge in [0.25, 0.3) is 5.91 Å². The van der Waals surface area contributed by atoms with Gasteiger partial charge >= 0.3 is 6.03 Å². The first-order valence-corrected chi connectivity index (χ1v) is 10.3. The van der Waals surface area contributed by atoms with Crippen LogP contribution in [0, 0.1) is 0 Å². The molecule has 1 aromatic carbocycles. The predicted molar refractivity (Wildman–Crippen MR) is 116 cm³/mol. The molecule has 0 saturated carbocycles. The van der Waals surface area contributed by atoms with Gasteiger partial charge in [0.05, 0.1) is 13.7 Å². The van der Waals surface area contributed by atoms with Crippen molar-refractivity contribution in [3.05, 3.63) is 40.3 Å². The van der Waals surface area contributed by atoms with Crippen molar-refractivity contribution in [1.29, 1.82) is 0 Å². The molecule has 0 spiro atoms. The van der Waals surface area contributed by atoms with Crippen molar-refractivity contribution in [2.45, 2.75) is 26.4 Å². The van der Waals surface area contributed by atoms with E-state index in [0.717, 1.165) is 12.3 Å². The number of amides is 3. The number of ether oxygens (including phenoxy) is 1. The highest BCUT2D eigenvalue weighted by molar-refractivity contribution is 7.09. The van der Waals surface area contributed by atoms with Gasteiger partial charge in [-0.15, -0.1) is 11.3 Å². The minimum Gasteiger partial charge on any atom is -0.497 e. The van der Waals surface area contributed by atoms with E-state index in [9.17, 15) is 9.59 Å². The molecule has 29 heavy (non-hydrogen) atoms. The van der Waals surface area contributed by atoms with Gasteiger partial charge in [-0.2, -0.15) is 0 Å². The molecule has 0 aliphatic carbocycles. The number of methoxy groups -OCH3 is 1. The molecule has 1 heterocycles. The van der Waals surface area contributed by atoms with Crippen molar-refractivity contribution in [1.82, 2.24) is 20.1 Å². The second-order valence-corrected chi connectivity index (χ2v) is 8.01. The van der Waals surface area contributed by atoms with Gasteiger partial charge in [-0.25, -0.2) is 9.78 Å². The Hall–Kier alpha value is -2.65. The van der Waals surface area contributed by atoms with Crippen LogP contribution in [0.4, 0.5) is 10.5 Å². The predicted octanol–water partition coefficient (Wildman–Crippen LogP) is 2.89. The average molecular weight is 420 g/mol. The maximum Gasteiger partial charge on any atom is 0.322 e. The fraction of sp³-hybridized carbons (Fsp3) is 0.450. The first kappa shape index (κ1) is 22.6. The molecule has 1 aromatic heterocycles. The van der Waals surface area contributed by atoms with Crippen LogP contribution < -0.4 is 15.4 Å². The van der Waals surface area contributed by atoms with Gasteiger partial charge in [0.1, 0.15) is 16.5 Å². The largest absolute Gasteiger partial charge is 0.497 e. The van der Waals surface area contributed by atoms with Crippen LogP contribution in [0.3, 0.4) is 0 Å². The normalized spacial score (nSPS) is 10.9. The molecule has 0 fully saturated rings. The van der Waals surface area contributed by atoms with Crippen LogP contribution in [0.1, 0.15) is 29.3 Å². The number of carbonyl (C=O) groups excluding carboxylic acids is 2. The molecule has 0 unspecified atom stereocenters. The Morgan fingerprint density at radius 1 is 1.21 bits per heavy atom. The van der Waals surface area contributed by atoms with Gasteiger partial charge in [0.2, 0.25) is 0 Å². The molecular weight excluding hydrogens is 390 g/mol. The van der Waals surface area contributed by atoms with Crippen molar-refractivity contribution in [2.24, 2.45) is 0 Å². The molecule has 158 valence electrons. The minimum atomic E-state index is -0.225. The summed E-state index contributed by atoms with van der Waals surface area (Å²) >= 11 is 1.37. The number of benzene rings is 1. The zero-order valence-corrected chi connectivity index (χ0v) is 18.4. The van der Waals surface area contributed by atoms with Gasteiger partial charge in [0, 0.05) is 30.2 Å². The maximum absolute atomic E-state index is 12.7. The Balaban J connectivity index is 1.98. The van der Waals surface area contributed by atoms with E-state index in [1.54, 1.807) is 41.7 Å². The number of urea groups is 1. The summed E-state index contributed by atoms with van der Waals surface area (Å²) in [6.07, 6.45) is 0. The lowest BCUT2D eigenvalue weighted by atomic mass is 10.3. The van der Waals surface area contributed by atoms with Gasteiger partial charge in [-0.3, -0.25) is 4.79 Å². The number of aromatic nitrogens is 1. The number of hydrogen-bond acceptors (Lipinski definition) is 6. The molecule has 0 atom stereocenters. The van der Waals surface area contributed by atoms with E-state index < -0.39 is 0 Å². The SMILES string of the molecule is COc1ccc(NC(=O)N(Cc2nc(C(=O)NCCN(C)C)cs2)C(C)C)cc1. The zero-order valence-electron chi connectivity index (χ0n) is 17.6. The molecule has 0 saturated heterocycles. The van der Waals surface area contributed by atoms with E-state index in [1.807, 2.05) is 32.8 Å². The van der Waals surface area contributed by atoms with Gasteiger partial charge < -0.3 is 25.2 Å². The summed E-state index contributed by atoms with van der Waals surface area (Å²) in [5.41, 5.74) is 1.06. The fourth-order valence-electron chi connectivity index (χ4n) is 2.48. The summed E-state index contributed by atoms with van der Waals surface area (Å²) in [6.45, 7) is 5.53. The first-order chi connectivity index (χ1) is 13.8. The van der Waals surface area contributed by atoms with Crippen molar-refractivity contribution in [3.8, 4) is 5.75 Å². The smallest absolute Gasteiger partial charge is 0.322 e. The summed E-state index contributed by atoms with van der Waals surface area (Å²) < 4.78 is 5.13. The molecule has 2 rings (SSSR count). The van der Waals surface area contributed by atoms with Crippen LogP contribution in [-0.2, 0) is 6.54 Å². The second kappa shape index (κ2) is 10.8. The van der Waals surface area contributed by atoms with Crippen LogP contribution in [0.25, 0.3) is 0 Å². The molecule has 9 heteroatoms. The third-order valence-electron chi connectivity index (χ3n) is 4.16. The highest BCUT2D eigenvalue weighted by Gasteiger charge is 2.20. The monoisotopic (exact) mass is 419 g/mol. The standard InChI is InChI=1S/C20H29N5O3S/c1-14(2)25(20(27)22-15-6-8-16(28-5)9-7-15)12-18-23-17(13-29-18)19(26)21-10-11-24(3)4/h6-9,13-14H,10-12H2,1-5H3,(H,21,26)(H,22,27). The summed E-state index contributed by atoms with van der Waals surface area (Å²) in [7, 11) is 5.49. The number of rotatable bonds is 9. The molecule has 2 N–H and O–H groups in total. The lowest BCUT2D eigenvalue weighted by molar-refractivity contribution is 0.0946. The summed E-state index contributed by atoms with van der Waals surface area (Å²) in [4.78, 5) is 33.0. The van der Waals surface area contributed by atoms with Crippen LogP contribution in [0.2, 0.25) is 0 Å². The van der Waals surface area contributed by atoms with Crippen LogP contribution in [0.15, 0.2) is 29.6 Å². The highest BCUT2D eigenvalue weighted by Crippen LogP contribution is 2.18. The Bertz CT molecular complexity index is 805. The van der Waals surface area contributed by atoms with Gasteiger partial charge in [-0.05, 0) is 52.2 Å². The minimum absolute atomic E-state index is 0.0329. The van der Waals surface area contributed by atoms with E-state index in [4.69, 9.17) is 4.74 Å². The first-order valence-electron chi connectivity index (χ1n) is 9.39. The number of likely N-dealkylation sites (N-methyl/N-ethyl adjacent to an activating group) is 1. The summed E-state index contributed by atoms with van der Waals surface area (Å²) in [6, 6.07) is 6.89. The topological polar surface area (TPSA) is 86.8 Å². The molecule has 0 aliphatic heterocycles. The van der Waals surface area contributed by atoms with Crippen LogP contribution in [-0.4, -0.2) is 67.1 Å². The molecule has 2 aromatic rings. The highest BCUT2D eigenvalue weighted by atomic mass is 32.1. The molecular formula is C20H29N5O3S. The molecule has 0 aliphatic rings. The maximum atomic E-state index is 12.7. The third-order valence-corrected chi connectivity index (χ3v) is 4.99. The average Bonchev–Trinajstić information content (AvgIpc) is 3.15. The van der Waals surface area contributed by atoms with E-state index in [0.29, 0.717) is 29.5 Å². The van der Waals surface area contributed by atoms with Crippen molar-refractivity contribution in [3.63, 3.8) is 0 Å². The number of nitrogens with zero attached hydrogens (tertiary/aromatic N) is 3. The number of hydrogen-bond donors (Lipinski definition) is 2.